The van der Waals surface area contributed by atoms with Crippen molar-refractivity contribution in [2.45, 2.75) is 5.92 Å². The summed E-state index contributed by atoms with van der Waals surface area (Å²) in [5.41, 5.74) is 1.78. The molecular weight excluding hydrogens is 302 g/mol. The lowest BCUT2D eigenvalue weighted by Gasteiger charge is -2.26. The van der Waals surface area contributed by atoms with Crippen molar-refractivity contribution < 1.29 is 14.3 Å². The van der Waals surface area contributed by atoms with Crippen LogP contribution in [0, 0.1) is 17.8 Å². The van der Waals surface area contributed by atoms with E-state index in [1.807, 2.05) is 48.5 Å². The molecule has 4 nitrogen and oxygen atoms in total. The molecule has 0 radical (unpaired) electrons. The van der Waals surface area contributed by atoms with E-state index in [2.05, 4.69) is 5.32 Å². The van der Waals surface area contributed by atoms with E-state index in [9.17, 15) is 4.79 Å². The van der Waals surface area contributed by atoms with Crippen molar-refractivity contribution in [1.82, 2.24) is 5.32 Å². The first-order chi connectivity index (χ1) is 11.8. The van der Waals surface area contributed by atoms with Crippen LogP contribution >= 0.6 is 0 Å². The maximum absolute atomic E-state index is 12.9. The maximum atomic E-state index is 12.9. The Balaban J connectivity index is 1.41. The second-order valence-corrected chi connectivity index (χ2v) is 6.89. The summed E-state index contributed by atoms with van der Waals surface area (Å²) in [6.45, 7) is 2.67. The number of ether oxygens (including phenoxy) is 2. The molecule has 2 aromatic rings. The van der Waals surface area contributed by atoms with Crippen molar-refractivity contribution >= 4 is 5.97 Å². The van der Waals surface area contributed by atoms with Gasteiger partial charge in [-0.2, -0.15) is 0 Å². The van der Waals surface area contributed by atoms with Crippen molar-refractivity contribution in [3.8, 4) is 11.5 Å². The third-order valence-electron chi connectivity index (χ3n) is 5.60. The van der Waals surface area contributed by atoms with Crippen molar-refractivity contribution in [3.63, 3.8) is 0 Å². The quantitative estimate of drug-likeness (QED) is 0.883. The molecule has 1 saturated carbocycles. The molecule has 2 atom stereocenters. The smallest absolute Gasteiger partial charge is 0.318 e. The molecule has 0 aromatic heterocycles. The van der Waals surface area contributed by atoms with Crippen LogP contribution in [0.25, 0.3) is 0 Å². The average Bonchev–Trinajstić information content (AvgIpc) is 3.04. The fraction of sp³-hybridized carbons (Fsp3) is 0.350. The summed E-state index contributed by atoms with van der Waals surface area (Å²) in [7, 11) is 0. The van der Waals surface area contributed by atoms with Crippen LogP contribution in [0.15, 0.2) is 48.5 Å². The topological polar surface area (TPSA) is 47.6 Å². The van der Waals surface area contributed by atoms with Crippen LogP contribution in [-0.2, 0) is 9.53 Å². The first-order valence-electron chi connectivity index (χ1n) is 8.56. The number of para-hydroxylation sites is 2. The van der Waals surface area contributed by atoms with Crippen molar-refractivity contribution in [3.05, 3.63) is 59.7 Å². The van der Waals surface area contributed by atoms with Gasteiger partial charge in [0.1, 0.15) is 17.4 Å². The molecular formula is C20H19NO3. The van der Waals surface area contributed by atoms with Crippen LogP contribution in [0.1, 0.15) is 17.0 Å². The standard InChI is InChI=1S/C20H19NO3/c22-20(23-11-16-14-9-21-10-15(14)16)19-12-5-1-3-7-17(12)24-18-8-4-2-6-13(18)19/h1-8,14-16,19,21H,9-11H2. The zero-order valence-electron chi connectivity index (χ0n) is 13.3. The number of benzene rings is 2. The Bertz CT molecular complexity index is 747. The molecule has 24 heavy (non-hydrogen) atoms. The van der Waals surface area contributed by atoms with E-state index >= 15 is 0 Å². The van der Waals surface area contributed by atoms with Crippen LogP contribution in [-0.4, -0.2) is 25.7 Å². The molecule has 2 aromatic carbocycles. The van der Waals surface area contributed by atoms with Crippen LogP contribution < -0.4 is 10.1 Å². The maximum Gasteiger partial charge on any atom is 0.318 e. The highest BCUT2D eigenvalue weighted by molar-refractivity contribution is 5.85. The summed E-state index contributed by atoms with van der Waals surface area (Å²) in [6, 6.07) is 15.4. The lowest BCUT2D eigenvalue weighted by molar-refractivity contribution is -0.145. The number of hydrogen-bond donors (Lipinski definition) is 1. The summed E-state index contributed by atoms with van der Waals surface area (Å²) in [5, 5.41) is 3.37. The second-order valence-electron chi connectivity index (χ2n) is 6.89. The lowest BCUT2D eigenvalue weighted by Crippen LogP contribution is -2.23. The number of piperidine rings is 1. The second kappa shape index (κ2) is 5.35. The Morgan fingerprint density at radius 3 is 2.21 bits per heavy atom. The van der Waals surface area contributed by atoms with Gasteiger partial charge < -0.3 is 14.8 Å². The van der Waals surface area contributed by atoms with Gasteiger partial charge in [-0.05, 0) is 37.1 Å². The Morgan fingerprint density at radius 1 is 1.00 bits per heavy atom. The molecule has 5 rings (SSSR count). The Kier molecular flexibility index (Phi) is 3.13. The molecule has 3 aliphatic rings. The molecule has 2 fully saturated rings. The molecule has 4 heteroatoms. The summed E-state index contributed by atoms with van der Waals surface area (Å²) in [6.07, 6.45) is 0. The molecule has 122 valence electrons. The van der Waals surface area contributed by atoms with E-state index in [0.717, 1.165) is 35.7 Å². The Labute approximate surface area is 140 Å². The molecule has 2 heterocycles. The third-order valence-corrected chi connectivity index (χ3v) is 5.60. The largest absolute Gasteiger partial charge is 0.465 e. The zero-order chi connectivity index (χ0) is 16.1. The van der Waals surface area contributed by atoms with Gasteiger partial charge in [-0.3, -0.25) is 4.79 Å². The first kappa shape index (κ1) is 14.1. The minimum Gasteiger partial charge on any atom is -0.465 e. The SMILES string of the molecule is O=C(OCC1C2CNCC21)C1c2ccccc2Oc2ccccc21. The van der Waals surface area contributed by atoms with E-state index < -0.39 is 5.92 Å². The molecule has 2 aliphatic heterocycles. The monoisotopic (exact) mass is 321 g/mol. The summed E-state index contributed by atoms with van der Waals surface area (Å²) in [5.74, 6) is 2.86. The predicted molar refractivity (Wildman–Crippen MR) is 89.1 cm³/mol. The Hall–Kier alpha value is -2.33. The van der Waals surface area contributed by atoms with Crippen molar-refractivity contribution in [1.29, 1.82) is 0 Å². The fourth-order valence-corrected chi connectivity index (χ4v) is 4.22. The highest BCUT2D eigenvalue weighted by Gasteiger charge is 2.53. The van der Waals surface area contributed by atoms with Crippen LogP contribution in [0.3, 0.4) is 0 Å². The van der Waals surface area contributed by atoms with E-state index in [4.69, 9.17) is 9.47 Å². The summed E-state index contributed by atoms with van der Waals surface area (Å²) < 4.78 is 11.7. The van der Waals surface area contributed by atoms with E-state index in [0.29, 0.717) is 24.4 Å². The van der Waals surface area contributed by atoms with E-state index in [1.165, 1.54) is 0 Å². The van der Waals surface area contributed by atoms with Crippen molar-refractivity contribution in [2.75, 3.05) is 19.7 Å². The van der Waals surface area contributed by atoms with Crippen LogP contribution in [0.4, 0.5) is 0 Å². The first-order valence-corrected chi connectivity index (χ1v) is 8.56. The highest BCUT2D eigenvalue weighted by atomic mass is 16.5. The number of esters is 1. The van der Waals surface area contributed by atoms with Crippen LogP contribution in [0.5, 0.6) is 11.5 Å². The lowest BCUT2D eigenvalue weighted by atomic mass is 9.88. The van der Waals surface area contributed by atoms with Crippen molar-refractivity contribution in [2.24, 2.45) is 17.8 Å². The Morgan fingerprint density at radius 2 is 1.58 bits per heavy atom. The van der Waals surface area contributed by atoms with Gasteiger partial charge in [0.05, 0.1) is 6.61 Å². The fourth-order valence-electron chi connectivity index (χ4n) is 4.22. The van der Waals surface area contributed by atoms with Gasteiger partial charge in [-0.25, -0.2) is 0 Å². The number of fused-ring (bicyclic) bond motifs is 3. The number of carbonyl (C=O) groups excluding carboxylic acids is 1. The van der Waals surface area contributed by atoms with Gasteiger partial charge in [0.25, 0.3) is 0 Å². The minimum atomic E-state index is -0.400. The number of nitrogens with one attached hydrogen (secondary N) is 1. The van der Waals surface area contributed by atoms with Gasteiger partial charge in [0.2, 0.25) is 0 Å². The van der Waals surface area contributed by atoms with Gasteiger partial charge in [0, 0.05) is 17.0 Å². The molecule has 0 spiro atoms. The molecule has 1 aliphatic carbocycles. The summed E-state index contributed by atoms with van der Waals surface area (Å²) >= 11 is 0. The molecule has 1 saturated heterocycles. The highest BCUT2D eigenvalue weighted by Crippen LogP contribution is 2.49. The normalized spacial score (nSPS) is 26.8. The van der Waals surface area contributed by atoms with Gasteiger partial charge in [-0.1, -0.05) is 36.4 Å². The van der Waals surface area contributed by atoms with E-state index in [-0.39, 0.29) is 5.97 Å². The third kappa shape index (κ3) is 2.13. The summed E-state index contributed by atoms with van der Waals surface area (Å²) in [4.78, 5) is 12.9. The number of rotatable bonds is 3. The van der Waals surface area contributed by atoms with Gasteiger partial charge in [0.15, 0.2) is 0 Å². The molecule has 1 N–H and O–H groups in total. The molecule has 0 bridgehead atoms. The van der Waals surface area contributed by atoms with Gasteiger partial charge >= 0.3 is 5.97 Å². The molecule has 2 unspecified atom stereocenters. The molecule has 0 amide bonds. The van der Waals surface area contributed by atoms with Crippen LogP contribution in [0.2, 0.25) is 0 Å². The number of carbonyl (C=O) groups is 1. The minimum absolute atomic E-state index is 0.170. The predicted octanol–water partition coefficient (Wildman–Crippen LogP) is 2.93. The zero-order valence-corrected chi connectivity index (χ0v) is 13.3. The van der Waals surface area contributed by atoms with E-state index in [1.54, 1.807) is 0 Å². The van der Waals surface area contributed by atoms with Gasteiger partial charge in [-0.15, -0.1) is 0 Å². The average molecular weight is 321 g/mol. The number of hydrogen-bond acceptors (Lipinski definition) is 4.